The number of hydrogen-bond donors (Lipinski definition) is 2. The van der Waals surface area contributed by atoms with Crippen LogP contribution in [0.3, 0.4) is 0 Å². The van der Waals surface area contributed by atoms with Gasteiger partial charge in [-0.3, -0.25) is 4.79 Å². The van der Waals surface area contributed by atoms with Gasteiger partial charge in [0.2, 0.25) is 5.91 Å². The normalized spacial score (nSPS) is 12.3. The first kappa shape index (κ1) is 13.8. The van der Waals surface area contributed by atoms with E-state index in [2.05, 4.69) is 15.3 Å². The average Bonchev–Trinajstić information content (AvgIpc) is 2.42. The number of para-hydroxylation sites is 1. The molecule has 0 saturated heterocycles. The van der Waals surface area contributed by atoms with Gasteiger partial charge in [0.05, 0.1) is 17.4 Å². The smallest absolute Gasteiger partial charge is 0.230 e. The van der Waals surface area contributed by atoms with Gasteiger partial charge in [-0.25, -0.2) is 9.97 Å². The molecule has 2 N–H and O–H groups in total. The third-order valence-electron chi connectivity index (χ3n) is 2.39. The summed E-state index contributed by atoms with van der Waals surface area (Å²) in [5.41, 5.74) is 0.865. The molecule has 19 heavy (non-hydrogen) atoms. The van der Waals surface area contributed by atoms with Crippen LogP contribution < -0.4 is 5.32 Å². The highest BCUT2D eigenvalue weighted by Gasteiger charge is 2.06. The van der Waals surface area contributed by atoms with E-state index < -0.39 is 6.10 Å². The second-order valence-electron chi connectivity index (χ2n) is 4.15. The molecule has 0 bridgehead atoms. The number of hydrogen-bond acceptors (Lipinski definition) is 5. The van der Waals surface area contributed by atoms with Crippen LogP contribution >= 0.6 is 11.8 Å². The molecule has 1 aromatic heterocycles. The molecule has 0 aliphatic carbocycles. The topological polar surface area (TPSA) is 75.1 Å². The minimum Gasteiger partial charge on any atom is -0.392 e. The largest absolute Gasteiger partial charge is 0.392 e. The van der Waals surface area contributed by atoms with E-state index in [9.17, 15) is 4.79 Å². The van der Waals surface area contributed by atoms with Gasteiger partial charge in [-0.1, -0.05) is 30.0 Å². The van der Waals surface area contributed by atoms with Crippen LogP contribution in [0.4, 0.5) is 0 Å². The Hall–Kier alpha value is -1.66. The molecule has 1 atom stereocenters. The van der Waals surface area contributed by atoms with Gasteiger partial charge in [-0.2, -0.15) is 0 Å². The molecule has 0 radical (unpaired) electrons. The summed E-state index contributed by atoms with van der Waals surface area (Å²) in [4.78, 5) is 20.0. The number of carbonyl (C=O) groups is 1. The van der Waals surface area contributed by atoms with Crippen LogP contribution in [-0.2, 0) is 4.79 Å². The third-order valence-corrected chi connectivity index (χ3v) is 3.26. The molecule has 100 valence electrons. The molecule has 1 aromatic carbocycles. The van der Waals surface area contributed by atoms with Crippen molar-refractivity contribution in [2.45, 2.75) is 18.2 Å². The van der Waals surface area contributed by atoms with Crippen LogP contribution in [0.25, 0.3) is 10.9 Å². The fraction of sp³-hybridized carbons (Fsp3) is 0.308. The van der Waals surface area contributed by atoms with Crippen molar-refractivity contribution in [2.75, 3.05) is 12.3 Å². The summed E-state index contributed by atoms with van der Waals surface area (Å²) < 4.78 is 0. The molecule has 1 unspecified atom stereocenters. The van der Waals surface area contributed by atoms with Crippen molar-refractivity contribution in [1.29, 1.82) is 0 Å². The van der Waals surface area contributed by atoms with Crippen molar-refractivity contribution in [3.63, 3.8) is 0 Å². The summed E-state index contributed by atoms with van der Waals surface area (Å²) in [5, 5.41) is 13.2. The quantitative estimate of drug-likeness (QED) is 0.635. The van der Waals surface area contributed by atoms with E-state index in [-0.39, 0.29) is 18.2 Å². The average molecular weight is 277 g/mol. The molecular weight excluding hydrogens is 262 g/mol. The first-order valence-corrected chi connectivity index (χ1v) is 6.93. The Morgan fingerprint density at radius 1 is 1.47 bits per heavy atom. The Morgan fingerprint density at radius 2 is 2.26 bits per heavy atom. The predicted molar refractivity (Wildman–Crippen MR) is 75.0 cm³/mol. The van der Waals surface area contributed by atoms with Crippen molar-refractivity contribution in [1.82, 2.24) is 15.3 Å². The zero-order valence-corrected chi connectivity index (χ0v) is 11.4. The molecular formula is C13H15N3O2S. The fourth-order valence-corrected chi connectivity index (χ4v) is 2.12. The summed E-state index contributed by atoms with van der Waals surface area (Å²) >= 11 is 1.28. The standard InChI is InChI=1S/C13H15N3O2S/c1-9(17)6-14-12(18)8-19-13-15-7-10-4-2-3-5-11(10)16-13/h2-5,7,9,17H,6,8H2,1H3,(H,14,18). The Kier molecular flexibility index (Phi) is 4.70. The number of aliphatic hydroxyl groups excluding tert-OH is 1. The molecule has 0 aliphatic rings. The van der Waals surface area contributed by atoms with Crippen molar-refractivity contribution >= 4 is 28.6 Å². The third kappa shape index (κ3) is 4.18. The van der Waals surface area contributed by atoms with Crippen LogP contribution in [0, 0.1) is 0 Å². The Bertz CT molecular complexity index is 575. The van der Waals surface area contributed by atoms with Gasteiger partial charge in [0, 0.05) is 18.1 Å². The van der Waals surface area contributed by atoms with E-state index in [0.717, 1.165) is 10.9 Å². The fourth-order valence-electron chi connectivity index (χ4n) is 1.47. The molecule has 0 fully saturated rings. The maximum atomic E-state index is 11.5. The molecule has 0 aliphatic heterocycles. The highest BCUT2D eigenvalue weighted by molar-refractivity contribution is 7.99. The lowest BCUT2D eigenvalue weighted by atomic mass is 10.2. The second-order valence-corrected chi connectivity index (χ2v) is 5.10. The van der Waals surface area contributed by atoms with Gasteiger partial charge < -0.3 is 10.4 Å². The first-order valence-electron chi connectivity index (χ1n) is 5.94. The predicted octanol–water partition coefficient (Wildman–Crippen LogP) is 1.22. The van der Waals surface area contributed by atoms with Crippen LogP contribution in [0.2, 0.25) is 0 Å². The molecule has 6 heteroatoms. The highest BCUT2D eigenvalue weighted by atomic mass is 32.2. The van der Waals surface area contributed by atoms with Crippen LogP contribution in [0.1, 0.15) is 6.92 Å². The second kappa shape index (κ2) is 6.49. The molecule has 2 aromatic rings. The first-order chi connectivity index (χ1) is 9.15. The highest BCUT2D eigenvalue weighted by Crippen LogP contribution is 2.16. The van der Waals surface area contributed by atoms with Gasteiger partial charge in [-0.15, -0.1) is 0 Å². The molecule has 1 amide bonds. The van der Waals surface area contributed by atoms with Crippen molar-refractivity contribution in [3.8, 4) is 0 Å². The zero-order valence-electron chi connectivity index (χ0n) is 10.5. The number of amides is 1. The summed E-state index contributed by atoms with van der Waals surface area (Å²) in [6.45, 7) is 1.89. The van der Waals surface area contributed by atoms with Gasteiger partial charge in [0.15, 0.2) is 5.16 Å². The molecule has 2 rings (SSSR count). The Labute approximate surface area is 115 Å². The lowest BCUT2D eigenvalue weighted by Crippen LogP contribution is -2.31. The van der Waals surface area contributed by atoms with E-state index in [4.69, 9.17) is 5.11 Å². The molecule has 1 heterocycles. The van der Waals surface area contributed by atoms with E-state index in [1.54, 1.807) is 13.1 Å². The van der Waals surface area contributed by atoms with Crippen LogP contribution in [-0.4, -0.2) is 39.4 Å². The maximum Gasteiger partial charge on any atom is 0.230 e. The SMILES string of the molecule is CC(O)CNC(=O)CSc1ncc2ccccc2n1. The van der Waals surface area contributed by atoms with Gasteiger partial charge in [-0.05, 0) is 13.0 Å². The van der Waals surface area contributed by atoms with Crippen LogP contribution in [0.5, 0.6) is 0 Å². The summed E-state index contributed by atoms with van der Waals surface area (Å²) in [6, 6.07) is 7.70. The maximum absolute atomic E-state index is 11.5. The van der Waals surface area contributed by atoms with E-state index in [1.165, 1.54) is 11.8 Å². The van der Waals surface area contributed by atoms with Gasteiger partial charge in [0.1, 0.15) is 0 Å². The number of carbonyl (C=O) groups excluding carboxylic acids is 1. The number of aliphatic hydroxyl groups is 1. The van der Waals surface area contributed by atoms with Crippen molar-refractivity contribution in [3.05, 3.63) is 30.5 Å². The van der Waals surface area contributed by atoms with E-state index in [1.807, 2.05) is 24.3 Å². The number of thioether (sulfide) groups is 1. The van der Waals surface area contributed by atoms with E-state index >= 15 is 0 Å². The number of rotatable bonds is 5. The number of fused-ring (bicyclic) bond motifs is 1. The Balaban J connectivity index is 1.92. The zero-order chi connectivity index (χ0) is 13.7. The molecule has 0 spiro atoms. The van der Waals surface area contributed by atoms with Crippen LogP contribution in [0.15, 0.2) is 35.6 Å². The summed E-state index contributed by atoms with van der Waals surface area (Å²) in [5.74, 6) is 0.105. The molecule has 5 nitrogen and oxygen atoms in total. The number of nitrogens with zero attached hydrogens (tertiary/aromatic N) is 2. The number of benzene rings is 1. The van der Waals surface area contributed by atoms with Gasteiger partial charge >= 0.3 is 0 Å². The summed E-state index contributed by atoms with van der Waals surface area (Å²) in [6.07, 6.45) is 1.21. The minimum absolute atomic E-state index is 0.136. The van der Waals surface area contributed by atoms with E-state index in [0.29, 0.717) is 5.16 Å². The summed E-state index contributed by atoms with van der Waals surface area (Å²) in [7, 11) is 0. The lowest BCUT2D eigenvalue weighted by Gasteiger charge is -2.06. The molecule has 0 saturated carbocycles. The van der Waals surface area contributed by atoms with Crippen molar-refractivity contribution < 1.29 is 9.90 Å². The lowest BCUT2D eigenvalue weighted by molar-refractivity contribution is -0.118. The van der Waals surface area contributed by atoms with Gasteiger partial charge in [0.25, 0.3) is 0 Å². The Morgan fingerprint density at radius 3 is 3.05 bits per heavy atom. The van der Waals surface area contributed by atoms with Crippen molar-refractivity contribution in [2.24, 2.45) is 0 Å². The minimum atomic E-state index is -0.536. The number of nitrogens with one attached hydrogen (secondary N) is 1. The monoisotopic (exact) mass is 277 g/mol. The number of aromatic nitrogens is 2.